The van der Waals surface area contributed by atoms with Gasteiger partial charge >= 0.3 is 6.18 Å². The van der Waals surface area contributed by atoms with Gasteiger partial charge in [-0.2, -0.15) is 18.2 Å². The molecular formula is C12H8BrClF3N3O. The molecule has 2 rings (SSSR count). The number of ether oxygens (including phenoxy) is 1. The molecule has 0 radical (unpaired) electrons. The topological polar surface area (TPSA) is 47.0 Å². The molecule has 0 bridgehead atoms. The van der Waals surface area contributed by atoms with Gasteiger partial charge in [-0.25, -0.2) is 4.98 Å². The summed E-state index contributed by atoms with van der Waals surface area (Å²) in [6.45, 7) is 0. The summed E-state index contributed by atoms with van der Waals surface area (Å²) in [5.41, 5.74) is 0. The molecule has 0 saturated carbocycles. The van der Waals surface area contributed by atoms with Crippen LogP contribution in [0.15, 0.2) is 28.7 Å². The summed E-state index contributed by atoms with van der Waals surface area (Å²) in [6, 6.07) is 5.88. The third-order valence-corrected chi connectivity index (χ3v) is 3.18. The van der Waals surface area contributed by atoms with Crippen LogP contribution in [0.2, 0.25) is 5.02 Å². The molecule has 4 nitrogen and oxygen atoms in total. The van der Waals surface area contributed by atoms with E-state index in [1.54, 1.807) is 12.1 Å². The van der Waals surface area contributed by atoms with Gasteiger partial charge in [0.1, 0.15) is 11.6 Å². The summed E-state index contributed by atoms with van der Waals surface area (Å²) in [5, 5.41) is 2.99. The lowest BCUT2D eigenvalue weighted by Gasteiger charge is -2.11. The highest BCUT2D eigenvalue weighted by molar-refractivity contribution is 9.10. The van der Waals surface area contributed by atoms with Crippen molar-refractivity contribution >= 4 is 33.3 Å². The minimum absolute atomic E-state index is 0.00240. The van der Waals surface area contributed by atoms with Crippen LogP contribution in [0.5, 0.6) is 11.6 Å². The Bertz CT molecular complexity index is 667. The molecule has 9 heteroatoms. The zero-order valence-corrected chi connectivity index (χ0v) is 12.8. The van der Waals surface area contributed by atoms with Crippen molar-refractivity contribution in [2.45, 2.75) is 6.18 Å². The number of benzene rings is 1. The Morgan fingerprint density at radius 3 is 2.52 bits per heavy atom. The minimum Gasteiger partial charge on any atom is -0.438 e. The number of anilines is 1. The van der Waals surface area contributed by atoms with E-state index in [0.717, 1.165) is 0 Å². The molecule has 21 heavy (non-hydrogen) atoms. The van der Waals surface area contributed by atoms with E-state index in [9.17, 15) is 13.2 Å². The van der Waals surface area contributed by atoms with Crippen LogP contribution >= 0.6 is 27.5 Å². The lowest BCUT2D eigenvalue weighted by atomic mass is 10.3. The van der Waals surface area contributed by atoms with E-state index < -0.39 is 12.0 Å². The third kappa shape index (κ3) is 3.98. The highest BCUT2D eigenvalue weighted by Gasteiger charge is 2.35. The molecule has 0 amide bonds. The molecule has 0 aliphatic heterocycles. The molecule has 1 aromatic heterocycles. The summed E-state index contributed by atoms with van der Waals surface area (Å²) in [7, 11) is 1.45. The molecule has 112 valence electrons. The van der Waals surface area contributed by atoms with E-state index in [-0.39, 0.29) is 17.4 Å². The second-order valence-corrected chi connectivity index (χ2v) is 5.13. The second kappa shape index (κ2) is 6.07. The number of halogens is 5. The fourth-order valence-corrected chi connectivity index (χ4v) is 2.17. The Morgan fingerprint density at radius 2 is 1.95 bits per heavy atom. The fraction of sp³-hybridized carbons (Fsp3) is 0.167. The van der Waals surface area contributed by atoms with Crippen molar-refractivity contribution in [1.82, 2.24) is 9.97 Å². The molecule has 0 saturated heterocycles. The van der Waals surface area contributed by atoms with Gasteiger partial charge in [0.05, 0.1) is 4.47 Å². The van der Waals surface area contributed by atoms with Gasteiger partial charge in [-0.1, -0.05) is 11.6 Å². The zero-order valence-electron chi connectivity index (χ0n) is 10.5. The highest BCUT2D eigenvalue weighted by atomic mass is 79.9. The van der Waals surface area contributed by atoms with E-state index >= 15 is 0 Å². The van der Waals surface area contributed by atoms with Crippen LogP contribution in [0, 0.1) is 0 Å². The molecule has 0 fully saturated rings. The molecule has 0 atom stereocenters. The number of hydrogen-bond donors (Lipinski definition) is 1. The first-order valence-electron chi connectivity index (χ1n) is 5.56. The standard InChI is InChI=1S/C12H8BrClF3N3O/c1-18-9-5-10(20-11(19-9)12(15,16)17)21-8-3-2-6(14)4-7(8)13/h2-5H,1H3,(H,18,19,20). The monoisotopic (exact) mass is 381 g/mol. The zero-order chi connectivity index (χ0) is 15.6. The summed E-state index contributed by atoms with van der Waals surface area (Å²) in [4.78, 5) is 6.70. The van der Waals surface area contributed by atoms with Gasteiger partial charge < -0.3 is 10.1 Å². The van der Waals surface area contributed by atoms with Crippen molar-refractivity contribution in [1.29, 1.82) is 0 Å². The minimum atomic E-state index is -4.66. The molecule has 2 aromatic rings. The van der Waals surface area contributed by atoms with Gasteiger partial charge in [0.15, 0.2) is 0 Å². The van der Waals surface area contributed by atoms with Gasteiger partial charge in [0.25, 0.3) is 0 Å². The van der Waals surface area contributed by atoms with Crippen LogP contribution in [0.4, 0.5) is 19.0 Å². The van der Waals surface area contributed by atoms with E-state index in [1.807, 2.05) is 0 Å². The maximum absolute atomic E-state index is 12.7. The normalized spacial score (nSPS) is 11.3. The van der Waals surface area contributed by atoms with Gasteiger partial charge in [-0.05, 0) is 34.1 Å². The number of hydrogen-bond acceptors (Lipinski definition) is 4. The average Bonchev–Trinajstić information content (AvgIpc) is 2.40. The summed E-state index contributed by atoms with van der Waals surface area (Å²) in [6.07, 6.45) is -4.66. The van der Waals surface area contributed by atoms with Crippen LogP contribution in [-0.4, -0.2) is 17.0 Å². The second-order valence-electron chi connectivity index (χ2n) is 3.84. The molecule has 0 aliphatic rings. The van der Waals surface area contributed by atoms with Crippen LogP contribution in [-0.2, 0) is 6.18 Å². The van der Waals surface area contributed by atoms with Crippen molar-refractivity contribution in [3.63, 3.8) is 0 Å². The quantitative estimate of drug-likeness (QED) is 0.832. The average molecular weight is 383 g/mol. The highest BCUT2D eigenvalue weighted by Crippen LogP contribution is 2.33. The van der Waals surface area contributed by atoms with Crippen molar-refractivity contribution in [2.24, 2.45) is 0 Å². The Labute approximate surface area is 131 Å². The molecule has 1 N–H and O–H groups in total. The number of aromatic nitrogens is 2. The predicted octanol–water partition coefficient (Wildman–Crippen LogP) is 4.75. The predicted molar refractivity (Wildman–Crippen MR) is 75.8 cm³/mol. The first kappa shape index (κ1) is 15.8. The molecule has 0 aliphatic carbocycles. The number of nitrogens with zero attached hydrogens (tertiary/aromatic N) is 2. The van der Waals surface area contributed by atoms with Crippen LogP contribution in [0.1, 0.15) is 5.82 Å². The summed E-state index contributed by atoms with van der Waals surface area (Å²) < 4.78 is 44.0. The molecular weight excluding hydrogens is 375 g/mol. The first-order chi connectivity index (χ1) is 9.79. The molecule has 0 spiro atoms. The van der Waals surface area contributed by atoms with Gasteiger partial charge in [0.2, 0.25) is 11.7 Å². The maximum atomic E-state index is 12.7. The summed E-state index contributed by atoms with van der Waals surface area (Å²) >= 11 is 8.99. The number of rotatable bonds is 3. The number of nitrogens with one attached hydrogen (secondary N) is 1. The fourth-order valence-electron chi connectivity index (χ4n) is 1.40. The van der Waals surface area contributed by atoms with Crippen molar-refractivity contribution in [3.8, 4) is 11.6 Å². The lowest BCUT2D eigenvalue weighted by Crippen LogP contribution is -2.12. The smallest absolute Gasteiger partial charge is 0.438 e. The largest absolute Gasteiger partial charge is 0.451 e. The van der Waals surface area contributed by atoms with E-state index in [0.29, 0.717) is 9.50 Å². The van der Waals surface area contributed by atoms with E-state index in [2.05, 4.69) is 31.2 Å². The van der Waals surface area contributed by atoms with Crippen LogP contribution < -0.4 is 10.1 Å². The Morgan fingerprint density at radius 1 is 1.24 bits per heavy atom. The lowest BCUT2D eigenvalue weighted by molar-refractivity contribution is -0.145. The molecule has 0 unspecified atom stereocenters. The number of alkyl halides is 3. The Balaban J connectivity index is 2.39. The van der Waals surface area contributed by atoms with Crippen molar-refractivity contribution in [3.05, 3.63) is 39.6 Å². The summed E-state index contributed by atoms with van der Waals surface area (Å²) in [5.74, 6) is -1.23. The van der Waals surface area contributed by atoms with Crippen LogP contribution in [0.3, 0.4) is 0 Å². The van der Waals surface area contributed by atoms with E-state index in [4.69, 9.17) is 16.3 Å². The first-order valence-corrected chi connectivity index (χ1v) is 6.73. The SMILES string of the molecule is CNc1cc(Oc2ccc(Cl)cc2Br)nc(C(F)(F)F)n1. The molecule has 1 heterocycles. The Kier molecular flexibility index (Phi) is 4.58. The van der Waals surface area contributed by atoms with Crippen molar-refractivity contribution in [2.75, 3.05) is 12.4 Å². The Hall–Kier alpha value is -1.54. The van der Waals surface area contributed by atoms with Gasteiger partial charge in [0, 0.05) is 18.1 Å². The molecule has 1 aromatic carbocycles. The van der Waals surface area contributed by atoms with Gasteiger partial charge in [-0.3, -0.25) is 0 Å². The third-order valence-electron chi connectivity index (χ3n) is 2.32. The van der Waals surface area contributed by atoms with E-state index in [1.165, 1.54) is 19.2 Å². The van der Waals surface area contributed by atoms with Crippen molar-refractivity contribution < 1.29 is 17.9 Å². The van der Waals surface area contributed by atoms with Crippen LogP contribution in [0.25, 0.3) is 0 Å². The van der Waals surface area contributed by atoms with Gasteiger partial charge in [-0.15, -0.1) is 0 Å². The maximum Gasteiger partial charge on any atom is 0.451 e.